The van der Waals surface area contributed by atoms with Gasteiger partial charge < -0.3 is 24.4 Å². The molecule has 2 aromatic carbocycles. The molecule has 2 aliphatic heterocycles. The summed E-state index contributed by atoms with van der Waals surface area (Å²) in [5.41, 5.74) is 2.95. The van der Waals surface area contributed by atoms with E-state index in [2.05, 4.69) is 5.32 Å². The third-order valence-electron chi connectivity index (χ3n) is 5.82. The summed E-state index contributed by atoms with van der Waals surface area (Å²) in [5, 5.41) is 11.3. The van der Waals surface area contributed by atoms with Crippen LogP contribution in [-0.2, 0) is 20.7 Å². The molecule has 1 saturated heterocycles. The molecule has 8 heteroatoms. The Hall–Kier alpha value is -3.39. The monoisotopic (exact) mass is 451 g/mol. The summed E-state index contributed by atoms with van der Waals surface area (Å²) in [6.45, 7) is 5.27. The van der Waals surface area contributed by atoms with Gasteiger partial charge in [-0.05, 0) is 37.1 Å². The number of hydrogen-bond acceptors (Lipinski definition) is 6. The molecule has 2 heterocycles. The van der Waals surface area contributed by atoms with Crippen LogP contribution in [0.2, 0.25) is 0 Å². The predicted octanol–water partition coefficient (Wildman–Crippen LogP) is 3.10. The van der Waals surface area contributed by atoms with Crippen molar-refractivity contribution in [3.8, 4) is 5.75 Å². The first kappa shape index (κ1) is 22.8. The zero-order chi connectivity index (χ0) is 23.2. The molecule has 1 amide bonds. The van der Waals surface area contributed by atoms with Crippen molar-refractivity contribution in [3.63, 3.8) is 0 Å². The third kappa shape index (κ3) is 5.70. The second-order valence-electron chi connectivity index (χ2n) is 8.19. The lowest BCUT2D eigenvalue weighted by molar-refractivity contribution is -0.144. The molecule has 0 radical (unpaired) electrons. The molecular weight excluding hydrogens is 422 g/mol. The van der Waals surface area contributed by atoms with Crippen LogP contribution in [0.3, 0.4) is 0 Å². The van der Waals surface area contributed by atoms with Crippen LogP contribution in [0.5, 0.6) is 5.75 Å². The van der Waals surface area contributed by atoms with Gasteiger partial charge in [0.2, 0.25) is 0 Å². The van der Waals surface area contributed by atoms with Crippen LogP contribution in [0.4, 0.5) is 5.69 Å². The van der Waals surface area contributed by atoms with E-state index in [0.717, 1.165) is 23.3 Å². The molecule has 2 aromatic rings. The zero-order valence-electron chi connectivity index (χ0n) is 18.8. The molecule has 0 aliphatic carbocycles. The van der Waals surface area contributed by atoms with Crippen molar-refractivity contribution in [1.82, 2.24) is 4.90 Å². The van der Waals surface area contributed by atoms with E-state index in [1.165, 1.54) is 0 Å². The summed E-state index contributed by atoms with van der Waals surface area (Å²) in [4.78, 5) is 26.4. The average Bonchev–Trinajstić information content (AvgIpc) is 2.84. The van der Waals surface area contributed by atoms with Gasteiger partial charge in [-0.2, -0.15) is 0 Å². The van der Waals surface area contributed by atoms with E-state index >= 15 is 0 Å². The molecule has 0 saturated carbocycles. The number of nitrogens with zero attached hydrogens (tertiary/aromatic N) is 1. The van der Waals surface area contributed by atoms with Gasteiger partial charge in [0.15, 0.2) is 0 Å². The summed E-state index contributed by atoms with van der Waals surface area (Å²) in [5.74, 6) is 0.826. The zero-order valence-corrected chi connectivity index (χ0v) is 18.8. The first-order chi connectivity index (χ1) is 16.0. The Morgan fingerprint density at radius 3 is 2.58 bits per heavy atom. The minimum Gasteiger partial charge on any atom is -0.493 e. The van der Waals surface area contributed by atoms with Crippen LogP contribution in [0.25, 0.3) is 0 Å². The van der Waals surface area contributed by atoms with Gasteiger partial charge in [0.25, 0.3) is 5.91 Å². The number of carbonyl (C=O) groups is 2. The Morgan fingerprint density at radius 1 is 1.12 bits per heavy atom. The number of morpholine rings is 1. The molecule has 174 valence electrons. The lowest BCUT2D eigenvalue weighted by Gasteiger charge is -2.29. The fourth-order valence-corrected chi connectivity index (χ4v) is 4.05. The Kier molecular flexibility index (Phi) is 7.24. The second-order valence-corrected chi connectivity index (χ2v) is 8.19. The highest BCUT2D eigenvalue weighted by molar-refractivity contribution is 6.05. The Bertz CT molecular complexity index is 1020. The van der Waals surface area contributed by atoms with E-state index in [1.54, 1.807) is 31.2 Å². The standard InChI is InChI=1S/C25H29N3O5/c1-2-32-23(29)14-17-13-20-7-8-21(15-22(20)33-16-17)27-25(30)19-5-3-18(4-6-19)24(26)28-9-11-31-12-10-28/h3-8,15,17,26H,2,9-14,16H2,1H3,(H,27,30). The number of hydrogen-bond donors (Lipinski definition) is 2. The van der Waals surface area contributed by atoms with Gasteiger partial charge in [-0.15, -0.1) is 0 Å². The molecule has 8 nitrogen and oxygen atoms in total. The molecule has 1 fully saturated rings. The van der Waals surface area contributed by atoms with Gasteiger partial charge in [-0.3, -0.25) is 15.0 Å². The fourth-order valence-electron chi connectivity index (χ4n) is 4.05. The molecule has 0 spiro atoms. The van der Waals surface area contributed by atoms with Crippen molar-refractivity contribution in [2.24, 2.45) is 5.92 Å². The average molecular weight is 452 g/mol. The SMILES string of the molecule is CCOC(=O)CC1COc2cc(NC(=O)c3ccc(C(=N)N4CCOCC4)cc3)ccc2C1. The van der Waals surface area contributed by atoms with Gasteiger partial charge in [-0.1, -0.05) is 18.2 Å². The first-order valence-corrected chi connectivity index (χ1v) is 11.3. The largest absolute Gasteiger partial charge is 0.493 e. The number of ether oxygens (including phenoxy) is 3. The van der Waals surface area contributed by atoms with Crippen molar-refractivity contribution in [3.05, 3.63) is 59.2 Å². The number of fused-ring (bicyclic) bond motifs is 1. The van der Waals surface area contributed by atoms with Gasteiger partial charge in [0.1, 0.15) is 11.6 Å². The molecule has 2 aliphatic rings. The highest BCUT2D eigenvalue weighted by Crippen LogP contribution is 2.31. The van der Waals surface area contributed by atoms with Crippen molar-refractivity contribution in [2.45, 2.75) is 19.8 Å². The quantitative estimate of drug-likeness (QED) is 0.398. The lowest BCUT2D eigenvalue weighted by atomic mass is 9.94. The van der Waals surface area contributed by atoms with E-state index < -0.39 is 0 Å². The molecule has 1 unspecified atom stereocenters. The summed E-state index contributed by atoms with van der Waals surface area (Å²) < 4.78 is 16.2. The van der Waals surface area contributed by atoms with Crippen LogP contribution in [0.15, 0.2) is 42.5 Å². The van der Waals surface area contributed by atoms with Gasteiger partial charge in [0.05, 0.1) is 32.8 Å². The second kappa shape index (κ2) is 10.5. The summed E-state index contributed by atoms with van der Waals surface area (Å²) in [6, 6.07) is 12.6. The minimum atomic E-state index is -0.226. The van der Waals surface area contributed by atoms with Crippen molar-refractivity contribution in [1.29, 1.82) is 5.41 Å². The van der Waals surface area contributed by atoms with Crippen molar-refractivity contribution in [2.75, 3.05) is 44.8 Å². The highest BCUT2D eigenvalue weighted by Gasteiger charge is 2.23. The van der Waals surface area contributed by atoms with Crippen LogP contribution >= 0.6 is 0 Å². The predicted molar refractivity (Wildman–Crippen MR) is 124 cm³/mol. The van der Waals surface area contributed by atoms with E-state index in [9.17, 15) is 9.59 Å². The molecule has 0 aromatic heterocycles. The van der Waals surface area contributed by atoms with E-state index in [1.807, 2.05) is 23.1 Å². The summed E-state index contributed by atoms with van der Waals surface area (Å²) >= 11 is 0. The highest BCUT2D eigenvalue weighted by atomic mass is 16.5. The van der Waals surface area contributed by atoms with Crippen molar-refractivity contribution >= 4 is 23.4 Å². The van der Waals surface area contributed by atoms with E-state index in [4.69, 9.17) is 19.6 Å². The number of carbonyl (C=O) groups excluding carboxylic acids is 2. The van der Waals surface area contributed by atoms with Gasteiger partial charge in [0, 0.05) is 41.9 Å². The molecular formula is C25H29N3O5. The maximum Gasteiger partial charge on any atom is 0.306 e. The topological polar surface area (TPSA) is 101 Å². The third-order valence-corrected chi connectivity index (χ3v) is 5.82. The Labute approximate surface area is 193 Å². The van der Waals surface area contributed by atoms with Crippen LogP contribution < -0.4 is 10.1 Å². The Balaban J connectivity index is 1.35. The lowest BCUT2D eigenvalue weighted by Crippen LogP contribution is -2.40. The van der Waals surface area contributed by atoms with E-state index in [-0.39, 0.29) is 17.8 Å². The number of benzene rings is 2. The Morgan fingerprint density at radius 2 is 1.85 bits per heavy atom. The summed E-state index contributed by atoms with van der Waals surface area (Å²) in [7, 11) is 0. The molecule has 0 bridgehead atoms. The maximum absolute atomic E-state index is 12.7. The normalized spacial score (nSPS) is 17.5. The number of anilines is 1. The summed E-state index contributed by atoms with van der Waals surface area (Å²) in [6.07, 6.45) is 1.07. The van der Waals surface area contributed by atoms with Gasteiger partial charge in [-0.25, -0.2) is 0 Å². The fraction of sp³-hybridized carbons (Fsp3) is 0.400. The minimum absolute atomic E-state index is 0.0895. The number of amidine groups is 1. The van der Waals surface area contributed by atoms with Crippen LogP contribution in [0.1, 0.15) is 34.8 Å². The molecule has 4 rings (SSSR count). The smallest absolute Gasteiger partial charge is 0.306 e. The maximum atomic E-state index is 12.7. The van der Waals surface area contributed by atoms with Crippen molar-refractivity contribution < 1.29 is 23.8 Å². The molecule has 33 heavy (non-hydrogen) atoms. The first-order valence-electron chi connectivity index (χ1n) is 11.3. The number of nitrogens with one attached hydrogen (secondary N) is 2. The van der Waals surface area contributed by atoms with Crippen LogP contribution in [0, 0.1) is 11.3 Å². The van der Waals surface area contributed by atoms with E-state index in [0.29, 0.717) is 63.0 Å². The number of amides is 1. The molecule has 1 atom stereocenters. The molecule has 2 N–H and O–H groups in total. The number of rotatable bonds is 6. The van der Waals surface area contributed by atoms with Gasteiger partial charge >= 0.3 is 5.97 Å². The number of esters is 1. The van der Waals surface area contributed by atoms with Crippen LogP contribution in [-0.4, -0.2) is 62.1 Å².